The van der Waals surface area contributed by atoms with Crippen LogP contribution < -0.4 is 15.8 Å². The highest BCUT2D eigenvalue weighted by Crippen LogP contribution is 2.29. The molecule has 0 bridgehead atoms. The largest absolute Gasteiger partial charge is 0.497 e. The van der Waals surface area contributed by atoms with Gasteiger partial charge >= 0.3 is 0 Å². The molecular formula is C14H12BrClN2OS. The van der Waals surface area contributed by atoms with Gasteiger partial charge in [-0.05, 0) is 30.3 Å². The van der Waals surface area contributed by atoms with E-state index < -0.39 is 0 Å². The number of nitrogens with two attached hydrogens (primary N) is 1. The first kappa shape index (κ1) is 15.1. The molecule has 3 nitrogen and oxygen atoms in total. The molecule has 0 aliphatic heterocycles. The van der Waals surface area contributed by atoms with Gasteiger partial charge in [0.25, 0.3) is 0 Å². The second kappa shape index (κ2) is 6.43. The number of ether oxygens (including phenoxy) is 1. The van der Waals surface area contributed by atoms with Crippen LogP contribution in [0.2, 0.25) is 5.02 Å². The van der Waals surface area contributed by atoms with E-state index >= 15 is 0 Å². The van der Waals surface area contributed by atoms with E-state index in [2.05, 4.69) is 21.2 Å². The van der Waals surface area contributed by atoms with Gasteiger partial charge in [-0.15, -0.1) is 0 Å². The summed E-state index contributed by atoms with van der Waals surface area (Å²) in [6, 6.07) is 11.0. The van der Waals surface area contributed by atoms with E-state index in [-0.39, 0.29) is 0 Å². The van der Waals surface area contributed by atoms with Crippen molar-refractivity contribution in [2.75, 3.05) is 12.4 Å². The first-order valence-corrected chi connectivity index (χ1v) is 7.28. The molecule has 20 heavy (non-hydrogen) atoms. The quantitative estimate of drug-likeness (QED) is 0.777. The van der Waals surface area contributed by atoms with Crippen LogP contribution in [0.4, 0.5) is 11.4 Å². The Hall–Kier alpha value is -1.30. The lowest BCUT2D eigenvalue weighted by molar-refractivity contribution is 0.415. The predicted octanol–water partition coefficient (Wildman–Crippen LogP) is 4.49. The summed E-state index contributed by atoms with van der Waals surface area (Å²) >= 11 is 14.5. The molecule has 0 atom stereocenters. The second-order valence-electron chi connectivity index (χ2n) is 4.06. The third-order valence-electron chi connectivity index (χ3n) is 2.63. The minimum atomic E-state index is 0.311. The molecule has 0 saturated heterocycles. The van der Waals surface area contributed by atoms with E-state index in [4.69, 9.17) is 34.3 Å². The summed E-state index contributed by atoms with van der Waals surface area (Å²) in [7, 11) is 1.62. The van der Waals surface area contributed by atoms with Crippen molar-refractivity contribution in [3.05, 3.63) is 51.5 Å². The van der Waals surface area contributed by atoms with Crippen LogP contribution in [-0.4, -0.2) is 12.1 Å². The maximum absolute atomic E-state index is 6.02. The summed E-state index contributed by atoms with van der Waals surface area (Å²) in [6.07, 6.45) is 0. The number of hydrogen-bond acceptors (Lipinski definition) is 3. The Morgan fingerprint density at radius 3 is 2.70 bits per heavy atom. The Balaban J connectivity index is 2.41. The number of methoxy groups -OCH3 is 1. The van der Waals surface area contributed by atoms with E-state index in [0.29, 0.717) is 10.0 Å². The second-order valence-corrected chi connectivity index (χ2v) is 5.85. The number of halogens is 2. The molecule has 6 heteroatoms. The van der Waals surface area contributed by atoms with Gasteiger partial charge in [0.2, 0.25) is 0 Å². The van der Waals surface area contributed by atoms with Gasteiger partial charge in [-0.1, -0.05) is 39.7 Å². The van der Waals surface area contributed by atoms with E-state index in [9.17, 15) is 0 Å². The standard InChI is InChI=1S/C14H12BrClN2OS/c1-19-11-5-8(15)4-10(7-11)18-13-6-9(16)2-3-12(13)14(17)20/h2-7,18H,1H3,(H2,17,20). The fourth-order valence-corrected chi connectivity index (χ4v) is 2.57. The lowest BCUT2D eigenvalue weighted by Crippen LogP contribution is -2.11. The molecule has 0 radical (unpaired) electrons. The molecule has 0 aliphatic carbocycles. The zero-order valence-electron chi connectivity index (χ0n) is 10.6. The first-order chi connectivity index (χ1) is 9.49. The third-order valence-corrected chi connectivity index (χ3v) is 3.55. The van der Waals surface area contributed by atoms with Gasteiger partial charge < -0.3 is 15.8 Å². The first-order valence-electron chi connectivity index (χ1n) is 5.70. The van der Waals surface area contributed by atoms with Crippen LogP contribution in [0.5, 0.6) is 5.75 Å². The van der Waals surface area contributed by atoms with E-state index in [1.54, 1.807) is 25.3 Å². The summed E-state index contributed by atoms with van der Waals surface area (Å²) in [5, 5.41) is 3.85. The molecular weight excluding hydrogens is 360 g/mol. The van der Waals surface area contributed by atoms with Crippen LogP contribution >= 0.6 is 39.7 Å². The van der Waals surface area contributed by atoms with Crippen LogP contribution in [-0.2, 0) is 0 Å². The molecule has 0 aromatic heterocycles. The molecule has 2 aromatic carbocycles. The van der Waals surface area contributed by atoms with Gasteiger partial charge in [0.1, 0.15) is 10.7 Å². The lowest BCUT2D eigenvalue weighted by Gasteiger charge is -2.13. The van der Waals surface area contributed by atoms with Crippen molar-refractivity contribution in [2.24, 2.45) is 5.73 Å². The molecule has 3 N–H and O–H groups in total. The van der Waals surface area contributed by atoms with Crippen LogP contribution in [0.3, 0.4) is 0 Å². The van der Waals surface area contributed by atoms with Crippen molar-refractivity contribution in [1.82, 2.24) is 0 Å². The number of rotatable bonds is 4. The maximum atomic E-state index is 6.02. The molecule has 2 aromatic rings. The molecule has 0 spiro atoms. The molecule has 0 aliphatic rings. The highest BCUT2D eigenvalue weighted by molar-refractivity contribution is 9.10. The molecule has 0 unspecified atom stereocenters. The Morgan fingerprint density at radius 2 is 2.05 bits per heavy atom. The molecule has 0 fully saturated rings. The van der Waals surface area contributed by atoms with Crippen molar-refractivity contribution < 1.29 is 4.74 Å². The van der Waals surface area contributed by atoms with Gasteiger partial charge in [0.15, 0.2) is 0 Å². The minimum absolute atomic E-state index is 0.311. The number of anilines is 2. The predicted molar refractivity (Wildman–Crippen MR) is 91.3 cm³/mol. The number of hydrogen-bond donors (Lipinski definition) is 2. The SMILES string of the molecule is COc1cc(Br)cc(Nc2cc(Cl)ccc2C(N)=S)c1. The Labute approximate surface area is 136 Å². The zero-order valence-corrected chi connectivity index (χ0v) is 13.8. The van der Waals surface area contributed by atoms with Gasteiger partial charge in [-0.25, -0.2) is 0 Å². The van der Waals surface area contributed by atoms with Gasteiger partial charge in [-0.3, -0.25) is 0 Å². The topological polar surface area (TPSA) is 47.3 Å². The summed E-state index contributed by atoms with van der Waals surface area (Å²) in [5.41, 5.74) is 8.06. The van der Waals surface area contributed by atoms with Crippen molar-refractivity contribution in [3.8, 4) is 5.75 Å². The molecule has 0 heterocycles. The number of nitrogens with one attached hydrogen (secondary N) is 1. The minimum Gasteiger partial charge on any atom is -0.497 e. The summed E-state index contributed by atoms with van der Waals surface area (Å²) in [6.45, 7) is 0. The smallest absolute Gasteiger partial charge is 0.122 e. The summed E-state index contributed by atoms with van der Waals surface area (Å²) in [5.74, 6) is 0.737. The Bertz CT molecular complexity index is 664. The van der Waals surface area contributed by atoms with Crippen molar-refractivity contribution in [3.63, 3.8) is 0 Å². The number of thiocarbonyl (C=S) groups is 1. The van der Waals surface area contributed by atoms with Gasteiger partial charge in [-0.2, -0.15) is 0 Å². The van der Waals surface area contributed by atoms with Crippen molar-refractivity contribution in [1.29, 1.82) is 0 Å². The fourth-order valence-electron chi connectivity index (χ4n) is 1.74. The van der Waals surface area contributed by atoms with Gasteiger partial charge in [0, 0.05) is 26.8 Å². The van der Waals surface area contributed by atoms with Crippen molar-refractivity contribution in [2.45, 2.75) is 0 Å². The molecule has 0 saturated carbocycles. The van der Waals surface area contributed by atoms with Crippen LogP contribution in [0.1, 0.15) is 5.56 Å². The van der Waals surface area contributed by atoms with E-state index in [1.165, 1.54) is 0 Å². The summed E-state index contributed by atoms with van der Waals surface area (Å²) < 4.78 is 6.13. The van der Waals surface area contributed by atoms with Crippen molar-refractivity contribution >= 4 is 56.1 Å². The Kier molecular flexibility index (Phi) is 4.86. The summed E-state index contributed by atoms with van der Waals surface area (Å²) in [4.78, 5) is 0.311. The van der Waals surface area contributed by atoms with Gasteiger partial charge in [0.05, 0.1) is 12.8 Å². The van der Waals surface area contributed by atoms with E-state index in [0.717, 1.165) is 27.2 Å². The molecule has 0 amide bonds. The highest BCUT2D eigenvalue weighted by Gasteiger charge is 2.08. The zero-order chi connectivity index (χ0) is 14.7. The Morgan fingerprint density at radius 1 is 1.30 bits per heavy atom. The molecule has 2 rings (SSSR count). The van der Waals surface area contributed by atoms with Crippen LogP contribution in [0, 0.1) is 0 Å². The molecule has 104 valence electrons. The van der Waals surface area contributed by atoms with Crippen LogP contribution in [0.25, 0.3) is 0 Å². The monoisotopic (exact) mass is 370 g/mol. The maximum Gasteiger partial charge on any atom is 0.122 e. The third kappa shape index (κ3) is 3.62. The fraction of sp³-hybridized carbons (Fsp3) is 0.0714. The van der Waals surface area contributed by atoms with Crippen LogP contribution in [0.15, 0.2) is 40.9 Å². The highest BCUT2D eigenvalue weighted by atomic mass is 79.9. The normalized spacial score (nSPS) is 10.2. The average molecular weight is 372 g/mol. The average Bonchev–Trinajstić information content (AvgIpc) is 2.37. The lowest BCUT2D eigenvalue weighted by atomic mass is 10.1. The van der Waals surface area contributed by atoms with E-state index in [1.807, 2.05) is 18.2 Å². The number of benzene rings is 2.